The third-order valence-electron chi connectivity index (χ3n) is 10.5. The first-order chi connectivity index (χ1) is 27.9. The summed E-state index contributed by atoms with van der Waals surface area (Å²) in [5.74, 6) is -4.07. The van der Waals surface area contributed by atoms with Gasteiger partial charge in [0.05, 0.1) is 84.3 Å². The molecule has 0 aliphatic rings. The van der Waals surface area contributed by atoms with Gasteiger partial charge in [-0.05, 0) is 114 Å². The molecule has 0 saturated heterocycles. The summed E-state index contributed by atoms with van der Waals surface area (Å²) in [5, 5.41) is 57.8. The Morgan fingerprint density at radius 3 is 1.80 bits per heavy atom. The normalized spacial score (nSPS) is 16.9. The number of carbonyl (C=O) groups is 2. The molecule has 356 valence electrons. The van der Waals surface area contributed by atoms with Gasteiger partial charge in [-0.2, -0.15) is 0 Å². The molecule has 1 rings (SSSR count). The summed E-state index contributed by atoms with van der Waals surface area (Å²) in [6.07, 6.45) is -7.07. The van der Waals surface area contributed by atoms with Crippen molar-refractivity contribution in [3.8, 4) is 5.75 Å². The van der Waals surface area contributed by atoms with Crippen LogP contribution in [-0.2, 0) is 49.4 Å². The van der Waals surface area contributed by atoms with Crippen molar-refractivity contribution < 1.29 is 77.7 Å². The van der Waals surface area contributed by atoms with E-state index in [1.165, 1.54) is 45.2 Å². The fourth-order valence-electron chi connectivity index (χ4n) is 6.50. The Hall–Kier alpha value is -2.55. The number of benzene rings is 1. The number of amides is 1. The number of hydrogen-bond acceptors (Lipinski definition) is 15. The Bertz CT molecular complexity index is 1450. The topological polar surface area (TPSA) is 221 Å². The van der Waals surface area contributed by atoms with Crippen molar-refractivity contribution in [3.05, 3.63) is 29.8 Å². The van der Waals surface area contributed by atoms with Crippen LogP contribution in [-0.4, -0.2) is 149 Å². The minimum absolute atomic E-state index is 0.0278. The van der Waals surface area contributed by atoms with Crippen LogP contribution in [0, 0.1) is 11.8 Å². The summed E-state index contributed by atoms with van der Waals surface area (Å²) in [6, 6.07) is 5.67. The molecule has 0 aromatic heterocycles. The molecule has 1 aromatic carbocycles. The Labute approximate surface area is 362 Å². The van der Waals surface area contributed by atoms with E-state index in [9.17, 15) is 39.6 Å². The largest absolute Gasteiger partial charge is 0.460 e. The Balaban J connectivity index is 3.21. The number of esters is 1. The van der Waals surface area contributed by atoms with E-state index >= 15 is 0 Å². The molecule has 0 bridgehead atoms. The van der Waals surface area contributed by atoms with E-state index in [0.717, 1.165) is 0 Å². The van der Waals surface area contributed by atoms with Crippen molar-refractivity contribution in [3.63, 3.8) is 0 Å². The lowest BCUT2D eigenvalue weighted by Crippen LogP contribution is -2.55. The van der Waals surface area contributed by atoms with Crippen LogP contribution in [0.4, 0.5) is 4.53 Å². The number of rotatable bonds is 29. The molecule has 0 aliphatic heterocycles. The highest BCUT2D eigenvalue weighted by Crippen LogP contribution is 2.33. The first kappa shape index (κ1) is 56.5. The van der Waals surface area contributed by atoms with E-state index in [2.05, 4.69) is 10.3 Å². The first-order valence-corrected chi connectivity index (χ1v) is 20.7. The number of aliphatic hydroxyl groups excluding tert-OH is 5. The molecule has 0 saturated carbocycles. The van der Waals surface area contributed by atoms with Crippen LogP contribution >= 0.6 is 0 Å². The van der Waals surface area contributed by atoms with Crippen LogP contribution in [0.25, 0.3) is 0 Å². The van der Waals surface area contributed by atoms with Crippen LogP contribution in [0.3, 0.4) is 0 Å². The van der Waals surface area contributed by atoms with Crippen LogP contribution in [0.2, 0.25) is 0 Å². The van der Waals surface area contributed by atoms with Gasteiger partial charge in [-0.15, -0.1) is 0 Å². The molecule has 7 atom stereocenters. The minimum atomic E-state index is -1.83. The minimum Gasteiger partial charge on any atom is -0.460 e. The molecule has 0 aliphatic carbocycles. The van der Waals surface area contributed by atoms with E-state index in [4.69, 9.17) is 33.2 Å². The third-order valence-corrected chi connectivity index (χ3v) is 10.5. The number of methoxy groups -OCH3 is 2. The highest BCUT2D eigenvalue weighted by Gasteiger charge is 2.48. The lowest BCUT2D eigenvalue weighted by atomic mass is 9.82. The lowest BCUT2D eigenvalue weighted by Gasteiger charge is -2.40. The molecule has 16 nitrogen and oxygen atoms in total. The maximum Gasteiger partial charge on any atom is 0.314 e. The number of hydrogen-bond donors (Lipinski definition) is 6. The van der Waals surface area contributed by atoms with Gasteiger partial charge in [-0.1, -0.05) is 12.1 Å². The van der Waals surface area contributed by atoms with Crippen molar-refractivity contribution in [2.24, 2.45) is 11.8 Å². The zero-order valence-corrected chi connectivity index (χ0v) is 39.2. The highest BCUT2D eigenvalue weighted by atomic mass is 19.3. The number of ether oxygens (including phenoxy) is 7. The van der Waals surface area contributed by atoms with Gasteiger partial charge in [0.15, 0.2) is 5.75 Å². The van der Waals surface area contributed by atoms with Crippen LogP contribution in [0.5, 0.6) is 5.75 Å². The van der Waals surface area contributed by atoms with Gasteiger partial charge in [0.1, 0.15) is 24.7 Å². The van der Waals surface area contributed by atoms with Crippen LogP contribution < -0.4 is 10.3 Å². The molecule has 0 heterocycles. The van der Waals surface area contributed by atoms with E-state index in [1.54, 1.807) is 34.8 Å². The van der Waals surface area contributed by atoms with Gasteiger partial charge >= 0.3 is 5.97 Å². The van der Waals surface area contributed by atoms with Gasteiger partial charge in [0, 0.05) is 31.7 Å². The van der Waals surface area contributed by atoms with Crippen LogP contribution in [0.15, 0.2) is 24.3 Å². The molecule has 17 heteroatoms. The average Bonchev–Trinajstić information content (AvgIpc) is 3.16. The van der Waals surface area contributed by atoms with E-state index in [-0.39, 0.29) is 45.0 Å². The summed E-state index contributed by atoms with van der Waals surface area (Å²) in [6.45, 7) is 21.6. The molecule has 61 heavy (non-hydrogen) atoms. The maximum atomic E-state index is 14.0. The fourth-order valence-corrected chi connectivity index (χ4v) is 6.50. The molecule has 1 aromatic rings. The van der Waals surface area contributed by atoms with Gasteiger partial charge in [-0.25, -0.2) is 0 Å². The predicted octanol–water partition coefficient (Wildman–Crippen LogP) is 3.98. The smallest absolute Gasteiger partial charge is 0.314 e. The van der Waals surface area contributed by atoms with Gasteiger partial charge in [0.25, 0.3) is 0 Å². The number of carbonyl (C=O) groups excluding carboxylic acids is 2. The zero-order chi connectivity index (χ0) is 47.2. The van der Waals surface area contributed by atoms with Crippen molar-refractivity contribution in [1.82, 2.24) is 5.32 Å². The molecular formula is C44H78FNO15. The summed E-state index contributed by atoms with van der Waals surface area (Å²) < 4.78 is 53.4. The molecule has 0 fully saturated rings. The zero-order valence-electron chi connectivity index (χ0n) is 39.2. The van der Waals surface area contributed by atoms with Crippen molar-refractivity contribution in [1.29, 1.82) is 0 Å². The second kappa shape index (κ2) is 23.9. The summed E-state index contributed by atoms with van der Waals surface area (Å²) in [4.78, 5) is 31.1. The summed E-state index contributed by atoms with van der Waals surface area (Å²) in [7, 11) is 2.92. The number of aliphatic hydroxyl groups is 5. The van der Waals surface area contributed by atoms with Crippen molar-refractivity contribution in [2.75, 3.05) is 47.2 Å². The Kier molecular flexibility index (Phi) is 22.2. The molecule has 0 spiro atoms. The summed E-state index contributed by atoms with van der Waals surface area (Å²) in [5.41, 5.74) is -5.28. The molecule has 0 radical (unpaired) electrons. The van der Waals surface area contributed by atoms with Crippen LogP contribution in [0.1, 0.15) is 108 Å². The van der Waals surface area contributed by atoms with E-state index in [0.29, 0.717) is 5.56 Å². The maximum absolute atomic E-state index is 14.0. The average molecular weight is 880 g/mol. The molecule has 5 unspecified atom stereocenters. The van der Waals surface area contributed by atoms with Gasteiger partial charge in [0.2, 0.25) is 5.91 Å². The lowest BCUT2D eigenvalue weighted by molar-refractivity contribution is -0.200. The second-order valence-corrected chi connectivity index (χ2v) is 19.4. The molecular weight excluding hydrogens is 801 g/mol. The van der Waals surface area contributed by atoms with Gasteiger partial charge < -0.3 is 64.0 Å². The van der Waals surface area contributed by atoms with E-state index in [1.807, 2.05) is 48.5 Å². The predicted molar refractivity (Wildman–Crippen MR) is 225 cm³/mol. The quantitative estimate of drug-likeness (QED) is 0.0627. The van der Waals surface area contributed by atoms with Crippen molar-refractivity contribution in [2.45, 2.75) is 174 Å². The van der Waals surface area contributed by atoms with Gasteiger partial charge in [-0.3, -0.25) is 14.5 Å². The summed E-state index contributed by atoms with van der Waals surface area (Å²) >= 11 is 0. The monoisotopic (exact) mass is 880 g/mol. The van der Waals surface area contributed by atoms with Crippen molar-refractivity contribution >= 4 is 11.9 Å². The SMILES string of the molecule is COC(C)(C)COC(C)(C)CNC(=O)C(C(O)C[C@@H](CO)OC(C)(C)C)C(C)(C)OCCC(C)(C)O[C@H](CO)C(O)C(O)C(C(=O)OCc1ccc(OF)cc1)C(C)(C)OC. The molecule has 6 N–H and O–H groups in total. The Morgan fingerprint density at radius 2 is 1.31 bits per heavy atom. The standard InChI is InChI=1S/C44H78FNO15/c1-39(2,3)59-30(23-47)22-31(49)33(37(52)46-26-41(6,7)58-27-42(8,9)54-14)44(12,13)57-21-20-40(4,5)60-32(24-48)35(50)36(51)34(43(10,11)55-15)38(53)56-25-28-16-18-29(61-45)19-17-28/h16-19,30-36,47-51H,20-27H2,1-15H3,(H,46,52)/t30-,31?,32+,33?,34?,35?,36?/m0/s1. The first-order valence-electron chi connectivity index (χ1n) is 20.7. The highest BCUT2D eigenvalue weighted by molar-refractivity contribution is 5.80. The van der Waals surface area contributed by atoms with E-state index < -0.39 is 101 Å². The Morgan fingerprint density at radius 1 is 0.721 bits per heavy atom. The fraction of sp³-hybridized carbons (Fsp3) is 0.818. The second-order valence-electron chi connectivity index (χ2n) is 19.4. The third kappa shape index (κ3) is 19.4. The number of halogens is 1. The number of nitrogens with one attached hydrogen (secondary N) is 1. The molecule has 1 amide bonds.